The van der Waals surface area contributed by atoms with E-state index in [2.05, 4.69) is 29.4 Å². The van der Waals surface area contributed by atoms with Crippen molar-refractivity contribution in [3.63, 3.8) is 0 Å². The first-order chi connectivity index (χ1) is 17.8. The van der Waals surface area contributed by atoms with Gasteiger partial charge < -0.3 is 15.0 Å². The van der Waals surface area contributed by atoms with Crippen molar-refractivity contribution in [3.05, 3.63) is 29.3 Å². The molecular weight excluding hydrogens is 468 g/mol. The Morgan fingerprint density at radius 3 is 2.35 bits per heavy atom. The minimum absolute atomic E-state index is 0.145. The Morgan fingerprint density at radius 1 is 0.973 bits per heavy atom. The normalized spacial score (nSPS) is 26.6. The predicted molar refractivity (Wildman–Crippen MR) is 141 cm³/mol. The fourth-order valence-electron chi connectivity index (χ4n) is 6.03. The standard InChI is InChI=1S/C19H22N2O4.C10H20N2/c22-17-9-8-16(18(23)20-17)21-11-12-10-14(6-7-15(12)19(21)24)25-13-4-2-1-3-5-13;1-10(2)3-5-12(6-4-10)9-7-11-8-9/h6-7,10,13,16H,1-5,8-9,11H2,(H,20,22,23);9,11H,3-8H2,1-2H3. The molecule has 1 atom stereocenters. The van der Waals surface area contributed by atoms with Crippen LogP contribution in [0, 0.1) is 5.41 Å². The highest BCUT2D eigenvalue weighted by Crippen LogP contribution is 2.32. The number of likely N-dealkylation sites (tertiary alicyclic amines) is 1. The van der Waals surface area contributed by atoms with Gasteiger partial charge in [0.25, 0.3) is 5.91 Å². The highest BCUT2D eigenvalue weighted by molar-refractivity contribution is 6.05. The average Bonchev–Trinajstić information content (AvgIpc) is 3.16. The van der Waals surface area contributed by atoms with E-state index in [-0.39, 0.29) is 30.2 Å². The molecule has 6 rings (SSSR count). The second kappa shape index (κ2) is 11.1. The molecule has 5 aliphatic rings. The van der Waals surface area contributed by atoms with E-state index < -0.39 is 6.04 Å². The predicted octanol–water partition coefficient (Wildman–Crippen LogP) is 3.24. The van der Waals surface area contributed by atoms with Crippen LogP contribution in [-0.4, -0.2) is 71.9 Å². The Bertz CT molecular complexity index is 1010. The third kappa shape index (κ3) is 6.17. The Hall–Kier alpha value is -2.45. The number of carbonyl (C=O) groups excluding carboxylic acids is 3. The fourth-order valence-corrected chi connectivity index (χ4v) is 6.03. The number of hydrogen-bond donors (Lipinski definition) is 2. The molecule has 1 saturated carbocycles. The van der Waals surface area contributed by atoms with E-state index in [0.29, 0.717) is 23.9 Å². The van der Waals surface area contributed by atoms with E-state index in [1.165, 1.54) is 58.3 Å². The Balaban J connectivity index is 0.000000195. The van der Waals surface area contributed by atoms with Gasteiger partial charge in [-0.15, -0.1) is 0 Å². The first kappa shape index (κ1) is 26.2. The molecule has 0 radical (unpaired) electrons. The third-order valence-electron chi connectivity index (χ3n) is 8.78. The minimum atomic E-state index is -0.569. The van der Waals surface area contributed by atoms with Gasteiger partial charge in [0.15, 0.2) is 0 Å². The van der Waals surface area contributed by atoms with Crippen LogP contribution in [0.1, 0.15) is 87.6 Å². The molecule has 2 N–H and O–H groups in total. The number of piperidine rings is 2. The highest BCUT2D eigenvalue weighted by atomic mass is 16.5. The molecule has 202 valence electrons. The van der Waals surface area contributed by atoms with E-state index in [1.54, 1.807) is 11.0 Å². The molecule has 0 spiro atoms. The summed E-state index contributed by atoms with van der Waals surface area (Å²) < 4.78 is 6.08. The summed E-state index contributed by atoms with van der Waals surface area (Å²) in [6, 6.07) is 5.86. The van der Waals surface area contributed by atoms with E-state index in [9.17, 15) is 14.4 Å². The number of imide groups is 1. The second-order valence-corrected chi connectivity index (χ2v) is 12.1. The lowest BCUT2D eigenvalue weighted by Crippen LogP contribution is -2.59. The molecule has 1 aromatic carbocycles. The van der Waals surface area contributed by atoms with Crippen LogP contribution in [0.3, 0.4) is 0 Å². The van der Waals surface area contributed by atoms with Crippen molar-refractivity contribution in [1.29, 1.82) is 0 Å². The zero-order valence-corrected chi connectivity index (χ0v) is 22.4. The Labute approximate surface area is 220 Å². The quantitative estimate of drug-likeness (QED) is 0.605. The summed E-state index contributed by atoms with van der Waals surface area (Å²) in [4.78, 5) is 40.2. The van der Waals surface area contributed by atoms with Gasteiger partial charge in [-0.05, 0) is 87.2 Å². The van der Waals surface area contributed by atoms with E-state index >= 15 is 0 Å². The monoisotopic (exact) mass is 510 g/mol. The smallest absolute Gasteiger partial charge is 0.255 e. The minimum Gasteiger partial charge on any atom is -0.490 e. The zero-order valence-electron chi connectivity index (χ0n) is 22.4. The lowest BCUT2D eigenvalue weighted by molar-refractivity contribution is -0.136. The number of nitrogens with zero attached hydrogens (tertiary/aromatic N) is 2. The molecule has 0 aromatic heterocycles. The van der Waals surface area contributed by atoms with Gasteiger partial charge in [-0.3, -0.25) is 24.6 Å². The number of rotatable bonds is 4. The van der Waals surface area contributed by atoms with Crippen LogP contribution in [0.2, 0.25) is 0 Å². The lowest BCUT2D eigenvalue weighted by Gasteiger charge is -2.44. The summed E-state index contributed by atoms with van der Waals surface area (Å²) in [5.74, 6) is 0.00181. The molecule has 8 nitrogen and oxygen atoms in total. The zero-order chi connectivity index (χ0) is 26.0. The van der Waals surface area contributed by atoms with Crippen molar-refractivity contribution in [3.8, 4) is 5.75 Å². The average molecular weight is 511 g/mol. The molecule has 8 heteroatoms. The van der Waals surface area contributed by atoms with Gasteiger partial charge in [-0.2, -0.15) is 0 Å². The van der Waals surface area contributed by atoms with Crippen LogP contribution in [0.5, 0.6) is 5.75 Å². The molecule has 1 unspecified atom stereocenters. The summed E-state index contributed by atoms with van der Waals surface area (Å²) in [7, 11) is 0. The second-order valence-electron chi connectivity index (χ2n) is 12.1. The topological polar surface area (TPSA) is 91.0 Å². The van der Waals surface area contributed by atoms with E-state index in [0.717, 1.165) is 30.2 Å². The van der Waals surface area contributed by atoms with Crippen LogP contribution in [0.15, 0.2) is 18.2 Å². The van der Waals surface area contributed by atoms with Gasteiger partial charge in [0.1, 0.15) is 11.8 Å². The van der Waals surface area contributed by atoms with E-state index in [1.807, 2.05) is 12.1 Å². The number of carbonyl (C=O) groups is 3. The van der Waals surface area contributed by atoms with Crippen molar-refractivity contribution in [2.24, 2.45) is 5.41 Å². The van der Waals surface area contributed by atoms with Crippen molar-refractivity contribution >= 4 is 17.7 Å². The fraction of sp³-hybridized carbons (Fsp3) is 0.690. The molecule has 4 aliphatic heterocycles. The third-order valence-corrected chi connectivity index (χ3v) is 8.78. The van der Waals surface area contributed by atoms with Crippen LogP contribution in [0.4, 0.5) is 0 Å². The Kier molecular flexibility index (Phi) is 7.86. The first-order valence-electron chi connectivity index (χ1n) is 14.2. The largest absolute Gasteiger partial charge is 0.490 e. The summed E-state index contributed by atoms with van der Waals surface area (Å²) in [5, 5.41) is 5.66. The molecule has 3 amide bonds. The van der Waals surface area contributed by atoms with Gasteiger partial charge >= 0.3 is 0 Å². The van der Waals surface area contributed by atoms with Gasteiger partial charge in [0.05, 0.1) is 6.10 Å². The maximum Gasteiger partial charge on any atom is 0.255 e. The molecular formula is C29H42N4O4. The molecule has 37 heavy (non-hydrogen) atoms. The van der Waals surface area contributed by atoms with Crippen molar-refractivity contribution in [2.75, 3.05) is 26.2 Å². The van der Waals surface area contributed by atoms with Gasteiger partial charge in [0.2, 0.25) is 11.8 Å². The van der Waals surface area contributed by atoms with Crippen molar-refractivity contribution < 1.29 is 19.1 Å². The number of fused-ring (bicyclic) bond motifs is 1. The van der Waals surface area contributed by atoms with Crippen LogP contribution in [-0.2, 0) is 16.1 Å². The number of amides is 3. The highest BCUT2D eigenvalue weighted by Gasteiger charge is 2.39. The van der Waals surface area contributed by atoms with Crippen molar-refractivity contribution in [1.82, 2.24) is 20.4 Å². The molecule has 4 fully saturated rings. The number of benzene rings is 1. The van der Waals surface area contributed by atoms with Crippen LogP contribution < -0.4 is 15.4 Å². The summed E-state index contributed by atoms with van der Waals surface area (Å²) in [6.45, 7) is 10.3. The SMILES string of the molecule is CC1(C)CCN(C2CNC2)CC1.O=C1CCC(N2Cc3cc(OC4CCCCC4)ccc3C2=O)C(=O)N1. The van der Waals surface area contributed by atoms with Crippen molar-refractivity contribution in [2.45, 2.75) is 96.4 Å². The van der Waals surface area contributed by atoms with Gasteiger partial charge in [-0.1, -0.05) is 20.3 Å². The molecule has 3 saturated heterocycles. The molecule has 1 aromatic rings. The van der Waals surface area contributed by atoms with Gasteiger partial charge in [0, 0.05) is 37.7 Å². The maximum atomic E-state index is 12.6. The van der Waals surface area contributed by atoms with Crippen LogP contribution >= 0.6 is 0 Å². The summed E-state index contributed by atoms with van der Waals surface area (Å²) in [6.07, 6.45) is 9.52. The maximum absolute atomic E-state index is 12.6. The number of hydrogen-bond acceptors (Lipinski definition) is 6. The molecule has 0 bridgehead atoms. The van der Waals surface area contributed by atoms with Gasteiger partial charge in [-0.25, -0.2) is 0 Å². The van der Waals surface area contributed by atoms with Crippen LogP contribution in [0.25, 0.3) is 0 Å². The Morgan fingerprint density at radius 2 is 1.70 bits per heavy atom. The molecule has 1 aliphatic carbocycles. The summed E-state index contributed by atoms with van der Waals surface area (Å²) in [5.41, 5.74) is 2.12. The number of nitrogens with one attached hydrogen (secondary N) is 2. The number of ether oxygens (including phenoxy) is 1. The first-order valence-corrected chi connectivity index (χ1v) is 14.2. The molecule has 4 heterocycles. The van der Waals surface area contributed by atoms with E-state index in [4.69, 9.17) is 4.74 Å². The summed E-state index contributed by atoms with van der Waals surface area (Å²) >= 11 is 0. The lowest BCUT2D eigenvalue weighted by atomic mass is 9.82.